The Labute approximate surface area is 118 Å². The Kier molecular flexibility index (Phi) is 4.81. The number of benzene rings is 1. The Morgan fingerprint density at radius 3 is 2.55 bits per heavy atom. The van der Waals surface area contributed by atoms with Gasteiger partial charge in [0.2, 0.25) is 5.95 Å². The molecule has 2 rings (SSSR count). The average Bonchev–Trinajstić information content (AvgIpc) is 2.73. The van der Waals surface area contributed by atoms with Crippen molar-refractivity contribution in [1.29, 1.82) is 0 Å². The summed E-state index contributed by atoms with van der Waals surface area (Å²) in [5, 5.41) is 0. The van der Waals surface area contributed by atoms with Crippen molar-refractivity contribution >= 4 is 24.6 Å². The highest BCUT2D eigenvalue weighted by Gasteiger charge is 2.24. The van der Waals surface area contributed by atoms with Gasteiger partial charge in [-0.1, -0.05) is 12.1 Å². The molecule has 0 bridgehead atoms. The van der Waals surface area contributed by atoms with Crippen LogP contribution >= 0.6 is 7.60 Å². The molecular weight excluding hydrogens is 277 g/mol. The summed E-state index contributed by atoms with van der Waals surface area (Å²) in [7, 11) is -3.06. The maximum atomic E-state index is 12.4. The fraction of sp³-hybridized carbons (Fsp3) is 0.462. The summed E-state index contributed by atoms with van der Waals surface area (Å²) >= 11 is 0. The molecule has 110 valence electrons. The largest absolute Gasteiger partial charge is 0.369 e. The van der Waals surface area contributed by atoms with Crippen molar-refractivity contribution in [3.63, 3.8) is 0 Å². The maximum Gasteiger partial charge on any atom is 0.332 e. The van der Waals surface area contributed by atoms with E-state index in [9.17, 15) is 4.57 Å². The van der Waals surface area contributed by atoms with E-state index in [2.05, 4.69) is 4.98 Å². The maximum absolute atomic E-state index is 12.4. The van der Waals surface area contributed by atoms with E-state index in [1.165, 1.54) is 0 Å². The zero-order valence-electron chi connectivity index (χ0n) is 11.8. The molecule has 2 N–H and O–H groups in total. The quantitative estimate of drug-likeness (QED) is 0.795. The molecule has 0 spiro atoms. The number of nitrogens with zero attached hydrogens (tertiary/aromatic N) is 2. The first kappa shape index (κ1) is 15.0. The van der Waals surface area contributed by atoms with E-state index >= 15 is 0 Å². The standard InChI is InChI=1S/C13H20N3O3P/c1-3-18-20(17,19-4-2)10-9-16-12-8-6-5-7-11(12)15-13(16)14/h5-8H,3-4,9-10H2,1-2H3,(H2,14,15). The van der Waals surface area contributed by atoms with E-state index in [1.54, 1.807) is 13.8 Å². The molecule has 0 radical (unpaired) electrons. The zero-order valence-corrected chi connectivity index (χ0v) is 12.7. The molecule has 0 fully saturated rings. The van der Waals surface area contributed by atoms with Crippen LogP contribution in [0.25, 0.3) is 11.0 Å². The summed E-state index contributed by atoms with van der Waals surface area (Å²) in [5.41, 5.74) is 7.66. The summed E-state index contributed by atoms with van der Waals surface area (Å²) in [6.07, 6.45) is 0.277. The number of para-hydroxylation sites is 2. The summed E-state index contributed by atoms with van der Waals surface area (Å²) < 4.78 is 24.8. The molecule has 0 amide bonds. The van der Waals surface area contributed by atoms with Gasteiger partial charge in [0.25, 0.3) is 0 Å². The summed E-state index contributed by atoms with van der Waals surface area (Å²) in [5.74, 6) is 0.408. The first-order valence-corrected chi connectivity index (χ1v) is 8.41. The van der Waals surface area contributed by atoms with E-state index in [1.807, 2.05) is 28.8 Å². The number of anilines is 1. The van der Waals surface area contributed by atoms with Crippen molar-refractivity contribution in [2.24, 2.45) is 0 Å². The van der Waals surface area contributed by atoms with E-state index in [0.29, 0.717) is 25.7 Å². The first-order chi connectivity index (χ1) is 9.59. The second-order valence-electron chi connectivity index (χ2n) is 4.28. The van der Waals surface area contributed by atoms with Crippen LogP contribution in [0.4, 0.5) is 5.95 Å². The minimum Gasteiger partial charge on any atom is -0.369 e. The van der Waals surface area contributed by atoms with E-state index in [4.69, 9.17) is 14.8 Å². The summed E-state index contributed by atoms with van der Waals surface area (Å²) in [4.78, 5) is 4.28. The average molecular weight is 297 g/mol. The second kappa shape index (κ2) is 6.39. The second-order valence-corrected chi connectivity index (χ2v) is 6.47. The molecule has 0 aliphatic rings. The lowest BCUT2D eigenvalue weighted by molar-refractivity contribution is 0.219. The molecule has 1 heterocycles. The first-order valence-electron chi connectivity index (χ1n) is 6.68. The van der Waals surface area contributed by atoms with Gasteiger partial charge < -0.3 is 19.3 Å². The number of rotatable bonds is 7. The Hall–Kier alpha value is -1.36. The lowest BCUT2D eigenvalue weighted by atomic mass is 10.3. The predicted octanol–water partition coefficient (Wildman–Crippen LogP) is 2.88. The Bertz CT molecular complexity index is 616. The van der Waals surface area contributed by atoms with Crippen LogP contribution in [0.2, 0.25) is 0 Å². The fourth-order valence-corrected chi connectivity index (χ4v) is 3.68. The Balaban J connectivity index is 2.19. The van der Waals surface area contributed by atoms with Gasteiger partial charge in [0.1, 0.15) is 0 Å². The van der Waals surface area contributed by atoms with E-state index in [-0.39, 0.29) is 6.16 Å². The minimum atomic E-state index is -3.06. The van der Waals surface area contributed by atoms with Crippen molar-refractivity contribution in [3.8, 4) is 0 Å². The van der Waals surface area contributed by atoms with Crippen LogP contribution < -0.4 is 5.73 Å². The molecule has 0 aliphatic carbocycles. The molecule has 0 saturated heterocycles. The Morgan fingerprint density at radius 1 is 1.25 bits per heavy atom. The third kappa shape index (κ3) is 3.20. The highest BCUT2D eigenvalue weighted by atomic mass is 31.2. The van der Waals surface area contributed by atoms with Crippen LogP contribution in [0, 0.1) is 0 Å². The molecule has 0 atom stereocenters. The monoisotopic (exact) mass is 297 g/mol. The van der Waals surface area contributed by atoms with E-state index < -0.39 is 7.60 Å². The van der Waals surface area contributed by atoms with Gasteiger partial charge in [-0.25, -0.2) is 4.98 Å². The van der Waals surface area contributed by atoms with Crippen LogP contribution in [0.3, 0.4) is 0 Å². The number of nitrogens with two attached hydrogens (primary N) is 1. The predicted molar refractivity (Wildman–Crippen MR) is 79.9 cm³/mol. The van der Waals surface area contributed by atoms with Gasteiger partial charge in [0.15, 0.2) is 0 Å². The molecule has 0 aliphatic heterocycles. The number of hydrogen-bond donors (Lipinski definition) is 1. The third-order valence-electron chi connectivity index (χ3n) is 2.93. The molecule has 1 aromatic carbocycles. The Morgan fingerprint density at radius 2 is 1.90 bits per heavy atom. The number of fused-ring (bicyclic) bond motifs is 1. The highest BCUT2D eigenvalue weighted by Crippen LogP contribution is 2.48. The number of nitrogen functional groups attached to an aromatic ring is 1. The molecule has 0 unspecified atom stereocenters. The number of aryl methyl sites for hydroxylation is 1. The van der Waals surface area contributed by atoms with Crippen molar-refractivity contribution in [2.75, 3.05) is 25.1 Å². The van der Waals surface area contributed by atoms with Gasteiger partial charge in [-0.2, -0.15) is 0 Å². The van der Waals surface area contributed by atoms with Gasteiger partial charge in [0, 0.05) is 6.54 Å². The minimum absolute atomic E-state index is 0.277. The van der Waals surface area contributed by atoms with Gasteiger partial charge in [-0.05, 0) is 26.0 Å². The van der Waals surface area contributed by atoms with Crippen molar-refractivity contribution in [2.45, 2.75) is 20.4 Å². The number of imidazole rings is 1. The van der Waals surface area contributed by atoms with E-state index in [0.717, 1.165) is 11.0 Å². The van der Waals surface area contributed by atoms with Crippen LogP contribution in [0.5, 0.6) is 0 Å². The lowest BCUT2D eigenvalue weighted by Gasteiger charge is -2.17. The topological polar surface area (TPSA) is 79.4 Å². The smallest absolute Gasteiger partial charge is 0.332 e. The zero-order chi connectivity index (χ0) is 14.6. The molecule has 2 aromatic rings. The summed E-state index contributed by atoms with van der Waals surface area (Å²) in [6.45, 7) is 4.76. The number of hydrogen-bond acceptors (Lipinski definition) is 5. The van der Waals surface area contributed by atoms with Crippen LogP contribution in [0.1, 0.15) is 13.8 Å². The number of aromatic nitrogens is 2. The van der Waals surface area contributed by atoms with Gasteiger partial charge in [-0.15, -0.1) is 0 Å². The fourth-order valence-electron chi connectivity index (χ4n) is 2.11. The van der Waals surface area contributed by atoms with Gasteiger partial charge >= 0.3 is 7.60 Å². The molecule has 20 heavy (non-hydrogen) atoms. The van der Waals surface area contributed by atoms with Crippen LogP contribution in [-0.2, 0) is 20.2 Å². The van der Waals surface area contributed by atoms with Crippen LogP contribution in [0.15, 0.2) is 24.3 Å². The van der Waals surface area contributed by atoms with Crippen LogP contribution in [-0.4, -0.2) is 28.9 Å². The van der Waals surface area contributed by atoms with Gasteiger partial charge in [0.05, 0.1) is 30.4 Å². The highest BCUT2D eigenvalue weighted by molar-refractivity contribution is 7.53. The molecule has 7 heteroatoms. The molecule has 0 saturated carbocycles. The molecule has 1 aromatic heterocycles. The SMILES string of the molecule is CCOP(=O)(CCn1c(N)nc2ccccc21)OCC. The van der Waals surface area contributed by atoms with Gasteiger partial charge in [-0.3, -0.25) is 4.57 Å². The molecular formula is C13H20N3O3P. The summed E-state index contributed by atoms with van der Waals surface area (Å²) in [6, 6.07) is 7.66. The van der Waals surface area contributed by atoms with Crippen molar-refractivity contribution in [1.82, 2.24) is 9.55 Å². The van der Waals surface area contributed by atoms with Crippen molar-refractivity contribution < 1.29 is 13.6 Å². The lowest BCUT2D eigenvalue weighted by Crippen LogP contribution is -2.09. The molecule has 6 nitrogen and oxygen atoms in total. The normalized spacial score (nSPS) is 12.1. The third-order valence-corrected chi connectivity index (χ3v) is 4.98. The van der Waals surface area contributed by atoms with Crippen molar-refractivity contribution in [3.05, 3.63) is 24.3 Å².